The fraction of sp³-hybridized carbons (Fsp3) is 0.278. The molecule has 0 saturated heterocycles. The predicted octanol–water partition coefficient (Wildman–Crippen LogP) is 3.19. The van der Waals surface area contributed by atoms with E-state index in [1.807, 2.05) is 68.4 Å². The Morgan fingerprint density at radius 2 is 1.73 bits per heavy atom. The molecule has 4 heteroatoms. The molecular formula is C18H22N2O2. The van der Waals surface area contributed by atoms with E-state index in [1.165, 1.54) is 0 Å². The topological polar surface area (TPSA) is 64.4 Å². The minimum absolute atomic E-state index is 0.0899. The molecule has 0 aliphatic rings. The van der Waals surface area contributed by atoms with Crippen LogP contribution in [0.25, 0.3) is 0 Å². The molecule has 0 aliphatic heterocycles. The number of hydrogen-bond acceptors (Lipinski definition) is 3. The van der Waals surface area contributed by atoms with Crippen LogP contribution in [0.5, 0.6) is 5.75 Å². The van der Waals surface area contributed by atoms with Crippen LogP contribution in [0.2, 0.25) is 0 Å². The van der Waals surface area contributed by atoms with E-state index in [2.05, 4.69) is 5.32 Å². The lowest BCUT2D eigenvalue weighted by atomic mass is 9.92. The molecule has 0 aliphatic carbocycles. The molecule has 2 aromatic carbocycles. The normalized spacial score (nSPS) is 11.0. The van der Waals surface area contributed by atoms with Crippen LogP contribution in [-0.4, -0.2) is 12.5 Å². The van der Waals surface area contributed by atoms with Crippen molar-refractivity contribution in [2.45, 2.75) is 20.5 Å². The van der Waals surface area contributed by atoms with Gasteiger partial charge in [-0.25, -0.2) is 0 Å². The third kappa shape index (κ3) is 4.33. The smallest absolute Gasteiger partial charge is 0.231 e. The van der Waals surface area contributed by atoms with Crippen LogP contribution in [0.3, 0.4) is 0 Å². The summed E-state index contributed by atoms with van der Waals surface area (Å²) >= 11 is 0. The molecule has 0 fully saturated rings. The van der Waals surface area contributed by atoms with Crippen LogP contribution < -0.4 is 15.8 Å². The van der Waals surface area contributed by atoms with Crippen molar-refractivity contribution in [1.82, 2.24) is 0 Å². The maximum atomic E-state index is 12.0. The first-order valence-corrected chi connectivity index (χ1v) is 7.29. The van der Waals surface area contributed by atoms with Gasteiger partial charge in [-0.05, 0) is 43.7 Å². The van der Waals surface area contributed by atoms with E-state index < -0.39 is 5.41 Å². The zero-order chi connectivity index (χ0) is 16.0. The average Bonchev–Trinajstić information content (AvgIpc) is 2.55. The van der Waals surface area contributed by atoms with Crippen molar-refractivity contribution in [3.8, 4) is 5.75 Å². The van der Waals surface area contributed by atoms with Crippen molar-refractivity contribution in [1.29, 1.82) is 0 Å². The standard InChI is InChI=1S/C18H22N2O2/c1-18(2,13-19)17(21)20-15-8-10-16(11-9-15)22-12-14-6-4-3-5-7-14/h3-11H,12-13,19H2,1-2H3,(H,20,21). The molecule has 0 atom stereocenters. The quantitative estimate of drug-likeness (QED) is 0.861. The first kappa shape index (κ1) is 16.0. The van der Waals surface area contributed by atoms with Crippen LogP contribution in [0, 0.1) is 5.41 Å². The summed E-state index contributed by atoms with van der Waals surface area (Å²) in [4.78, 5) is 12.0. The Kier molecular flexibility index (Phi) is 5.17. The third-order valence-electron chi connectivity index (χ3n) is 3.49. The van der Waals surface area contributed by atoms with E-state index in [-0.39, 0.29) is 5.91 Å². The van der Waals surface area contributed by atoms with Gasteiger partial charge in [-0.3, -0.25) is 4.79 Å². The van der Waals surface area contributed by atoms with Crippen LogP contribution in [0.1, 0.15) is 19.4 Å². The van der Waals surface area contributed by atoms with E-state index in [4.69, 9.17) is 10.5 Å². The fourth-order valence-electron chi connectivity index (χ4n) is 1.77. The maximum Gasteiger partial charge on any atom is 0.231 e. The molecule has 4 nitrogen and oxygen atoms in total. The summed E-state index contributed by atoms with van der Waals surface area (Å²) in [7, 11) is 0. The van der Waals surface area contributed by atoms with Gasteiger partial charge in [0.05, 0.1) is 5.41 Å². The zero-order valence-electron chi connectivity index (χ0n) is 13.0. The van der Waals surface area contributed by atoms with Gasteiger partial charge in [-0.1, -0.05) is 30.3 Å². The summed E-state index contributed by atoms with van der Waals surface area (Å²) in [6, 6.07) is 17.3. The van der Waals surface area contributed by atoms with Gasteiger partial charge >= 0.3 is 0 Å². The highest BCUT2D eigenvalue weighted by atomic mass is 16.5. The second kappa shape index (κ2) is 7.09. The Balaban J connectivity index is 1.92. The predicted molar refractivity (Wildman–Crippen MR) is 88.7 cm³/mol. The van der Waals surface area contributed by atoms with Gasteiger partial charge in [0, 0.05) is 12.2 Å². The Hall–Kier alpha value is -2.33. The van der Waals surface area contributed by atoms with Crippen LogP contribution in [-0.2, 0) is 11.4 Å². The molecule has 0 aromatic heterocycles. The van der Waals surface area contributed by atoms with E-state index in [9.17, 15) is 4.79 Å². The summed E-state index contributed by atoms with van der Waals surface area (Å²) in [6.45, 7) is 4.46. The second-order valence-electron chi connectivity index (χ2n) is 5.84. The minimum atomic E-state index is -0.581. The summed E-state index contributed by atoms with van der Waals surface area (Å²) < 4.78 is 5.71. The molecule has 0 heterocycles. The SMILES string of the molecule is CC(C)(CN)C(=O)Nc1ccc(OCc2ccccc2)cc1. The number of ether oxygens (including phenoxy) is 1. The number of carbonyl (C=O) groups is 1. The third-order valence-corrected chi connectivity index (χ3v) is 3.49. The molecule has 0 radical (unpaired) electrons. The van der Waals surface area contributed by atoms with E-state index in [0.717, 1.165) is 17.0 Å². The summed E-state index contributed by atoms with van der Waals surface area (Å²) in [5.74, 6) is 0.674. The van der Waals surface area contributed by atoms with Crippen molar-refractivity contribution in [2.75, 3.05) is 11.9 Å². The van der Waals surface area contributed by atoms with Crippen LogP contribution in [0.15, 0.2) is 54.6 Å². The molecule has 22 heavy (non-hydrogen) atoms. The highest BCUT2D eigenvalue weighted by Crippen LogP contribution is 2.20. The largest absolute Gasteiger partial charge is 0.489 e. The molecular weight excluding hydrogens is 276 g/mol. The van der Waals surface area contributed by atoms with E-state index >= 15 is 0 Å². The maximum absolute atomic E-state index is 12.0. The highest BCUT2D eigenvalue weighted by Gasteiger charge is 2.25. The Morgan fingerprint density at radius 1 is 1.09 bits per heavy atom. The van der Waals surface area contributed by atoms with Crippen molar-refractivity contribution in [3.63, 3.8) is 0 Å². The first-order chi connectivity index (χ1) is 10.5. The van der Waals surface area contributed by atoms with Gasteiger partial charge in [0.2, 0.25) is 5.91 Å². The molecule has 0 saturated carbocycles. The van der Waals surface area contributed by atoms with Crippen molar-refractivity contribution >= 4 is 11.6 Å². The van der Waals surface area contributed by atoms with Gasteiger partial charge in [-0.15, -0.1) is 0 Å². The molecule has 2 rings (SSSR count). The summed E-state index contributed by atoms with van der Waals surface area (Å²) in [5.41, 5.74) is 6.87. The number of nitrogens with two attached hydrogens (primary N) is 1. The molecule has 3 N–H and O–H groups in total. The van der Waals surface area contributed by atoms with E-state index in [0.29, 0.717) is 13.2 Å². The lowest BCUT2D eigenvalue weighted by Crippen LogP contribution is -2.37. The van der Waals surface area contributed by atoms with Gasteiger partial charge in [0.15, 0.2) is 0 Å². The highest BCUT2D eigenvalue weighted by molar-refractivity contribution is 5.95. The molecule has 116 valence electrons. The number of amides is 1. The van der Waals surface area contributed by atoms with Crippen LogP contribution in [0.4, 0.5) is 5.69 Å². The van der Waals surface area contributed by atoms with Gasteiger partial charge < -0.3 is 15.8 Å². The molecule has 0 spiro atoms. The Labute approximate surface area is 131 Å². The Bertz CT molecular complexity index is 607. The fourth-order valence-corrected chi connectivity index (χ4v) is 1.77. The van der Waals surface area contributed by atoms with E-state index in [1.54, 1.807) is 0 Å². The lowest BCUT2D eigenvalue weighted by Gasteiger charge is -2.21. The van der Waals surface area contributed by atoms with Gasteiger partial charge in [0.1, 0.15) is 12.4 Å². The molecule has 2 aromatic rings. The number of nitrogens with one attached hydrogen (secondary N) is 1. The molecule has 0 bridgehead atoms. The van der Waals surface area contributed by atoms with Crippen molar-refractivity contribution in [3.05, 3.63) is 60.2 Å². The number of hydrogen-bond donors (Lipinski definition) is 2. The summed E-state index contributed by atoms with van der Waals surface area (Å²) in [5, 5.41) is 2.86. The summed E-state index contributed by atoms with van der Waals surface area (Å²) in [6.07, 6.45) is 0. The Morgan fingerprint density at radius 3 is 2.32 bits per heavy atom. The number of benzene rings is 2. The van der Waals surface area contributed by atoms with Gasteiger partial charge in [0.25, 0.3) is 0 Å². The molecule has 1 amide bonds. The lowest BCUT2D eigenvalue weighted by molar-refractivity contribution is -0.123. The minimum Gasteiger partial charge on any atom is -0.489 e. The number of anilines is 1. The molecule has 0 unspecified atom stereocenters. The second-order valence-corrected chi connectivity index (χ2v) is 5.84. The van der Waals surface area contributed by atoms with Crippen molar-refractivity contribution < 1.29 is 9.53 Å². The average molecular weight is 298 g/mol. The number of rotatable bonds is 6. The number of carbonyl (C=O) groups excluding carboxylic acids is 1. The van der Waals surface area contributed by atoms with Crippen LogP contribution >= 0.6 is 0 Å². The van der Waals surface area contributed by atoms with Gasteiger partial charge in [-0.2, -0.15) is 0 Å². The first-order valence-electron chi connectivity index (χ1n) is 7.29. The van der Waals surface area contributed by atoms with Crippen molar-refractivity contribution in [2.24, 2.45) is 11.1 Å². The monoisotopic (exact) mass is 298 g/mol. The zero-order valence-corrected chi connectivity index (χ0v) is 13.0.